The van der Waals surface area contributed by atoms with Crippen LogP contribution >= 0.6 is 0 Å². The van der Waals surface area contributed by atoms with Crippen molar-refractivity contribution in [1.29, 1.82) is 0 Å². The van der Waals surface area contributed by atoms with Crippen LogP contribution in [0, 0.1) is 0 Å². The van der Waals surface area contributed by atoms with Crippen molar-refractivity contribution in [2.75, 3.05) is 0 Å². The maximum Gasteiger partial charge on any atom is 0.405 e. The summed E-state index contributed by atoms with van der Waals surface area (Å²) < 4.78 is 2.11. The monoisotopic (exact) mass is 383 g/mol. The van der Waals surface area contributed by atoms with Gasteiger partial charge in [-0.1, -0.05) is 60.7 Å². The van der Waals surface area contributed by atoms with Crippen LogP contribution in [0.25, 0.3) is 28.2 Å². The van der Waals surface area contributed by atoms with Crippen molar-refractivity contribution in [1.82, 2.24) is 14.7 Å². The summed E-state index contributed by atoms with van der Waals surface area (Å²) in [6.45, 7) is 0. The Morgan fingerprint density at radius 1 is 0.931 bits per heavy atom. The lowest BCUT2D eigenvalue weighted by atomic mass is 9.72. The van der Waals surface area contributed by atoms with Crippen LogP contribution in [0.3, 0.4) is 0 Å². The number of hydrogen-bond acceptors (Lipinski definition) is 2. The van der Waals surface area contributed by atoms with E-state index in [1.165, 1.54) is 0 Å². The average Bonchev–Trinajstić information content (AvgIpc) is 3.11. The Morgan fingerprint density at radius 2 is 1.66 bits per heavy atom. The van der Waals surface area contributed by atoms with Gasteiger partial charge in [0.1, 0.15) is 5.65 Å². The number of fused-ring (bicyclic) bond motifs is 1. The van der Waals surface area contributed by atoms with Gasteiger partial charge >= 0.3 is 6.09 Å². The number of pyridine rings is 1. The van der Waals surface area contributed by atoms with Crippen LogP contribution in [0.1, 0.15) is 24.8 Å². The molecule has 2 heterocycles. The fourth-order valence-corrected chi connectivity index (χ4v) is 4.24. The molecule has 4 aromatic rings. The standard InChI is InChI=1S/C24H21N3O2/c28-23(29)26-24(14-6-15-24)19-12-10-17(11-13-19)21-22(18-7-2-1-3-8-18)27-16-5-4-9-20(27)25-21/h1-5,7-13,16,26H,6,14-15H2,(H,28,29). The van der Waals surface area contributed by atoms with Crippen molar-refractivity contribution in [3.63, 3.8) is 0 Å². The Hall–Kier alpha value is -3.60. The fraction of sp³-hybridized carbons (Fsp3) is 0.167. The molecular weight excluding hydrogens is 362 g/mol. The molecule has 1 aliphatic carbocycles. The number of benzene rings is 2. The Morgan fingerprint density at radius 3 is 2.31 bits per heavy atom. The smallest absolute Gasteiger partial charge is 0.405 e. The van der Waals surface area contributed by atoms with E-state index >= 15 is 0 Å². The summed E-state index contributed by atoms with van der Waals surface area (Å²) in [7, 11) is 0. The number of imidazole rings is 1. The zero-order chi connectivity index (χ0) is 19.8. The lowest BCUT2D eigenvalue weighted by Gasteiger charge is -2.42. The molecule has 1 amide bonds. The Kier molecular flexibility index (Phi) is 4.09. The third kappa shape index (κ3) is 2.95. The molecule has 0 aliphatic heterocycles. The molecule has 0 atom stereocenters. The molecule has 144 valence electrons. The van der Waals surface area contributed by atoms with Gasteiger partial charge in [-0.05, 0) is 37.0 Å². The summed E-state index contributed by atoms with van der Waals surface area (Å²) in [6.07, 6.45) is 3.76. The van der Waals surface area contributed by atoms with Crippen molar-refractivity contribution >= 4 is 11.7 Å². The van der Waals surface area contributed by atoms with Crippen LogP contribution in [0.5, 0.6) is 0 Å². The van der Waals surface area contributed by atoms with Gasteiger partial charge in [-0.25, -0.2) is 9.78 Å². The van der Waals surface area contributed by atoms with Crippen LogP contribution in [-0.2, 0) is 5.54 Å². The lowest BCUT2D eigenvalue weighted by molar-refractivity contribution is 0.144. The molecule has 29 heavy (non-hydrogen) atoms. The first kappa shape index (κ1) is 17.5. The van der Waals surface area contributed by atoms with Gasteiger partial charge in [-0.2, -0.15) is 0 Å². The largest absolute Gasteiger partial charge is 0.465 e. The van der Waals surface area contributed by atoms with E-state index in [1.807, 2.05) is 66.9 Å². The summed E-state index contributed by atoms with van der Waals surface area (Å²) in [5, 5.41) is 12.0. The van der Waals surface area contributed by atoms with Gasteiger partial charge in [0.05, 0.1) is 16.9 Å². The molecule has 0 unspecified atom stereocenters. The average molecular weight is 383 g/mol. The second-order valence-electron chi connectivity index (χ2n) is 7.55. The van der Waals surface area contributed by atoms with Gasteiger partial charge in [-0.3, -0.25) is 4.40 Å². The SMILES string of the molecule is O=C(O)NC1(c2ccc(-c3nc4ccccn4c3-c3ccccc3)cc2)CCC1. The molecule has 1 aliphatic rings. The first-order valence-corrected chi connectivity index (χ1v) is 9.81. The van der Waals surface area contributed by atoms with Gasteiger partial charge in [0.15, 0.2) is 0 Å². The highest BCUT2D eigenvalue weighted by molar-refractivity contribution is 5.82. The molecule has 1 saturated carbocycles. The Bertz CT molecular complexity index is 1180. The molecule has 0 bridgehead atoms. The van der Waals surface area contributed by atoms with E-state index in [0.29, 0.717) is 0 Å². The summed E-state index contributed by atoms with van der Waals surface area (Å²) in [4.78, 5) is 16.1. The third-order valence-electron chi connectivity index (χ3n) is 5.84. The molecule has 5 nitrogen and oxygen atoms in total. The van der Waals surface area contributed by atoms with Gasteiger partial charge in [0.25, 0.3) is 0 Å². The minimum Gasteiger partial charge on any atom is -0.465 e. The summed E-state index contributed by atoms with van der Waals surface area (Å²) in [5.74, 6) is 0. The van der Waals surface area contributed by atoms with E-state index < -0.39 is 11.6 Å². The zero-order valence-corrected chi connectivity index (χ0v) is 15.9. The van der Waals surface area contributed by atoms with Gasteiger partial charge < -0.3 is 10.4 Å². The van der Waals surface area contributed by atoms with Crippen molar-refractivity contribution < 1.29 is 9.90 Å². The van der Waals surface area contributed by atoms with Crippen LogP contribution in [0.4, 0.5) is 4.79 Å². The van der Waals surface area contributed by atoms with E-state index in [0.717, 1.165) is 53.0 Å². The first-order valence-electron chi connectivity index (χ1n) is 9.81. The van der Waals surface area contributed by atoms with Crippen molar-refractivity contribution in [2.45, 2.75) is 24.8 Å². The van der Waals surface area contributed by atoms with Crippen LogP contribution in [0.15, 0.2) is 79.0 Å². The van der Waals surface area contributed by atoms with Crippen LogP contribution < -0.4 is 5.32 Å². The highest BCUT2D eigenvalue weighted by Gasteiger charge is 2.40. The molecule has 5 rings (SSSR count). The van der Waals surface area contributed by atoms with E-state index in [-0.39, 0.29) is 0 Å². The summed E-state index contributed by atoms with van der Waals surface area (Å²) in [6, 6.07) is 24.4. The number of nitrogens with one attached hydrogen (secondary N) is 1. The number of aromatic nitrogens is 2. The Balaban J connectivity index is 1.61. The second-order valence-corrected chi connectivity index (χ2v) is 7.55. The second kappa shape index (κ2) is 6.78. The van der Waals surface area contributed by atoms with Crippen molar-refractivity contribution in [2.24, 2.45) is 0 Å². The molecule has 2 aromatic heterocycles. The van der Waals surface area contributed by atoms with Crippen molar-refractivity contribution in [3.8, 4) is 22.5 Å². The van der Waals surface area contributed by atoms with E-state index in [4.69, 9.17) is 4.98 Å². The summed E-state index contributed by atoms with van der Waals surface area (Å²) >= 11 is 0. The highest BCUT2D eigenvalue weighted by Crippen LogP contribution is 2.42. The number of hydrogen-bond donors (Lipinski definition) is 2. The maximum atomic E-state index is 11.2. The minimum atomic E-state index is -0.972. The predicted octanol–water partition coefficient (Wildman–Crippen LogP) is 5.32. The molecule has 0 saturated heterocycles. The molecule has 0 spiro atoms. The zero-order valence-electron chi connectivity index (χ0n) is 15.9. The van der Waals surface area contributed by atoms with Gasteiger partial charge in [-0.15, -0.1) is 0 Å². The van der Waals surface area contributed by atoms with Gasteiger partial charge in [0.2, 0.25) is 0 Å². The quantitative estimate of drug-likeness (QED) is 0.501. The van der Waals surface area contributed by atoms with E-state index in [9.17, 15) is 9.90 Å². The Labute approximate surface area is 168 Å². The predicted molar refractivity (Wildman–Crippen MR) is 113 cm³/mol. The maximum absolute atomic E-state index is 11.2. The number of carbonyl (C=O) groups is 1. The van der Waals surface area contributed by atoms with Crippen molar-refractivity contribution in [3.05, 3.63) is 84.6 Å². The number of rotatable bonds is 4. The topological polar surface area (TPSA) is 66.6 Å². The number of carboxylic acid groups (broad SMARTS) is 1. The van der Waals surface area contributed by atoms with Crippen LogP contribution in [-0.4, -0.2) is 20.6 Å². The first-order chi connectivity index (χ1) is 14.2. The molecule has 1 fully saturated rings. The molecule has 0 radical (unpaired) electrons. The summed E-state index contributed by atoms with van der Waals surface area (Å²) in [5.41, 5.74) is 5.55. The lowest BCUT2D eigenvalue weighted by Crippen LogP contribution is -2.50. The van der Waals surface area contributed by atoms with Crippen LogP contribution in [0.2, 0.25) is 0 Å². The van der Waals surface area contributed by atoms with Gasteiger partial charge in [0, 0.05) is 17.3 Å². The minimum absolute atomic E-state index is 0.453. The number of amides is 1. The van der Waals surface area contributed by atoms with E-state index in [2.05, 4.69) is 21.9 Å². The number of nitrogens with zero attached hydrogens (tertiary/aromatic N) is 2. The molecular formula is C24H21N3O2. The fourth-order valence-electron chi connectivity index (χ4n) is 4.24. The molecule has 2 aromatic carbocycles. The molecule has 5 heteroatoms. The normalized spacial score (nSPS) is 15.0. The molecule has 2 N–H and O–H groups in total. The van der Waals surface area contributed by atoms with E-state index in [1.54, 1.807) is 0 Å². The third-order valence-corrected chi connectivity index (χ3v) is 5.84. The highest BCUT2D eigenvalue weighted by atomic mass is 16.4.